The van der Waals surface area contributed by atoms with Crippen molar-refractivity contribution in [1.82, 2.24) is 4.31 Å². The number of hydrogen-bond donors (Lipinski definition) is 1. The smallest absolute Gasteiger partial charge is 0.214 e. The van der Waals surface area contributed by atoms with E-state index in [1.54, 1.807) is 0 Å². The fourth-order valence-corrected chi connectivity index (χ4v) is 3.68. The lowest BCUT2D eigenvalue weighted by atomic mass is 10.1. The van der Waals surface area contributed by atoms with Crippen molar-refractivity contribution in [3.8, 4) is 0 Å². The number of nitrogens with zero attached hydrogens (tertiary/aromatic N) is 1. The minimum absolute atomic E-state index is 0.0245. The zero-order chi connectivity index (χ0) is 11.5. The van der Waals surface area contributed by atoms with Crippen LogP contribution in [0.5, 0.6) is 0 Å². The number of rotatable bonds is 4. The molecule has 0 saturated carbocycles. The van der Waals surface area contributed by atoms with Gasteiger partial charge in [-0.1, -0.05) is 6.92 Å². The summed E-state index contributed by atoms with van der Waals surface area (Å²) in [5.41, 5.74) is 0. The Hall–Kier alpha value is 0.160. The predicted molar refractivity (Wildman–Crippen MR) is 60.5 cm³/mol. The quantitative estimate of drug-likeness (QED) is 0.751. The highest BCUT2D eigenvalue weighted by molar-refractivity contribution is 7.89. The molecular weight excluding hydrogens is 238 g/mol. The van der Waals surface area contributed by atoms with Gasteiger partial charge in [0.2, 0.25) is 10.0 Å². The highest BCUT2D eigenvalue weighted by Crippen LogP contribution is 2.16. The molecule has 0 aromatic carbocycles. The minimum atomic E-state index is -3.18. The molecule has 0 spiro atoms. The van der Waals surface area contributed by atoms with Crippen LogP contribution in [0.3, 0.4) is 0 Å². The number of halogens is 1. The van der Waals surface area contributed by atoms with E-state index in [-0.39, 0.29) is 17.8 Å². The van der Waals surface area contributed by atoms with Gasteiger partial charge in [-0.2, -0.15) is 0 Å². The monoisotopic (exact) mass is 255 g/mol. The van der Waals surface area contributed by atoms with E-state index in [2.05, 4.69) is 0 Å². The van der Waals surface area contributed by atoms with Crippen molar-refractivity contribution in [2.45, 2.75) is 25.9 Å². The van der Waals surface area contributed by atoms with Gasteiger partial charge in [-0.3, -0.25) is 0 Å². The second-order valence-electron chi connectivity index (χ2n) is 4.17. The van der Waals surface area contributed by atoms with Crippen molar-refractivity contribution in [1.29, 1.82) is 0 Å². The number of alkyl halides is 1. The van der Waals surface area contributed by atoms with Crippen molar-refractivity contribution in [3.63, 3.8) is 0 Å². The summed E-state index contributed by atoms with van der Waals surface area (Å²) in [5.74, 6) is 0.436. The van der Waals surface area contributed by atoms with Crippen LogP contribution >= 0.6 is 11.6 Å². The molecular formula is C9H18ClNO3S. The maximum Gasteiger partial charge on any atom is 0.214 e. The zero-order valence-corrected chi connectivity index (χ0v) is 10.5. The maximum atomic E-state index is 11.8. The van der Waals surface area contributed by atoms with E-state index >= 15 is 0 Å². The number of aliphatic hydroxyl groups is 1. The molecule has 1 aliphatic rings. The Labute approximate surface area is 96.3 Å². The first-order valence-electron chi connectivity index (χ1n) is 5.17. The first-order chi connectivity index (χ1) is 6.95. The molecule has 0 radical (unpaired) electrons. The number of hydrogen-bond acceptors (Lipinski definition) is 3. The van der Waals surface area contributed by atoms with E-state index < -0.39 is 10.0 Å². The summed E-state index contributed by atoms with van der Waals surface area (Å²) in [6, 6.07) is 0. The average Bonchev–Trinajstić information content (AvgIpc) is 2.17. The van der Waals surface area contributed by atoms with E-state index in [4.69, 9.17) is 11.6 Å². The summed E-state index contributed by atoms with van der Waals surface area (Å²) in [7, 11) is -3.18. The van der Waals surface area contributed by atoms with Crippen LogP contribution in [-0.2, 0) is 10.0 Å². The van der Waals surface area contributed by atoms with Gasteiger partial charge in [0.25, 0.3) is 0 Å². The maximum absolute atomic E-state index is 11.8. The lowest BCUT2D eigenvalue weighted by molar-refractivity contribution is 0.113. The second kappa shape index (κ2) is 5.48. The van der Waals surface area contributed by atoms with Crippen LogP contribution < -0.4 is 0 Å². The topological polar surface area (TPSA) is 57.6 Å². The molecule has 1 saturated heterocycles. The first kappa shape index (κ1) is 13.2. The molecule has 1 fully saturated rings. The van der Waals surface area contributed by atoms with Crippen LogP contribution in [0, 0.1) is 5.92 Å². The Balaban J connectivity index is 2.54. The van der Waals surface area contributed by atoms with Gasteiger partial charge in [-0.25, -0.2) is 12.7 Å². The molecule has 1 unspecified atom stereocenters. The summed E-state index contributed by atoms with van der Waals surface area (Å²) in [4.78, 5) is 0. The standard InChI is InChI=1S/C9H18ClNO3S/c1-8(6-10)7-15(13,14)11-4-2-9(12)3-5-11/h8-9,12H,2-7H2,1H3. The van der Waals surface area contributed by atoms with Gasteiger partial charge in [0.05, 0.1) is 11.9 Å². The van der Waals surface area contributed by atoms with Gasteiger partial charge in [0.15, 0.2) is 0 Å². The Bertz CT molecular complexity index is 286. The third-order valence-corrected chi connectivity index (χ3v) is 5.24. The van der Waals surface area contributed by atoms with Crippen molar-refractivity contribution in [3.05, 3.63) is 0 Å². The van der Waals surface area contributed by atoms with Crippen LogP contribution in [0.25, 0.3) is 0 Å². The van der Waals surface area contributed by atoms with Crippen molar-refractivity contribution in [2.75, 3.05) is 24.7 Å². The molecule has 1 atom stereocenters. The molecule has 0 bridgehead atoms. The largest absolute Gasteiger partial charge is 0.393 e. The Kier molecular flexibility index (Phi) is 4.83. The SMILES string of the molecule is CC(CCl)CS(=O)(=O)N1CCC(O)CC1. The van der Waals surface area contributed by atoms with Crippen LogP contribution in [0.4, 0.5) is 0 Å². The summed E-state index contributed by atoms with van der Waals surface area (Å²) < 4.78 is 25.2. The second-order valence-corrected chi connectivity index (χ2v) is 6.49. The van der Waals surface area contributed by atoms with Gasteiger partial charge in [0.1, 0.15) is 0 Å². The fraction of sp³-hybridized carbons (Fsp3) is 1.00. The molecule has 0 aliphatic carbocycles. The Morgan fingerprint density at radius 1 is 1.47 bits per heavy atom. The van der Waals surface area contributed by atoms with Crippen LogP contribution in [-0.4, -0.2) is 48.7 Å². The summed E-state index contributed by atoms with van der Waals surface area (Å²) in [6.07, 6.45) is 0.727. The molecule has 90 valence electrons. The van der Waals surface area contributed by atoms with Gasteiger partial charge < -0.3 is 5.11 Å². The molecule has 6 heteroatoms. The third-order valence-electron chi connectivity index (χ3n) is 2.58. The fourth-order valence-electron chi connectivity index (χ4n) is 1.63. The minimum Gasteiger partial charge on any atom is -0.393 e. The lowest BCUT2D eigenvalue weighted by Crippen LogP contribution is -2.42. The molecule has 0 aromatic rings. The van der Waals surface area contributed by atoms with Gasteiger partial charge in [0, 0.05) is 19.0 Å². The molecule has 15 heavy (non-hydrogen) atoms. The predicted octanol–water partition coefficient (Wildman–Crippen LogP) is 0.648. The van der Waals surface area contributed by atoms with Gasteiger partial charge in [-0.15, -0.1) is 11.6 Å². The Morgan fingerprint density at radius 3 is 2.47 bits per heavy atom. The third kappa shape index (κ3) is 3.90. The lowest BCUT2D eigenvalue weighted by Gasteiger charge is -2.29. The molecule has 1 rings (SSSR count). The Morgan fingerprint density at radius 2 is 2.00 bits per heavy atom. The van der Waals surface area contributed by atoms with E-state index in [0.717, 1.165) is 0 Å². The summed E-state index contributed by atoms with van der Waals surface area (Å²) in [6.45, 7) is 2.68. The van der Waals surface area contributed by atoms with E-state index in [1.165, 1.54) is 4.31 Å². The number of sulfonamides is 1. The summed E-state index contributed by atoms with van der Waals surface area (Å²) in [5, 5.41) is 9.28. The molecule has 0 amide bonds. The molecule has 4 nitrogen and oxygen atoms in total. The highest BCUT2D eigenvalue weighted by Gasteiger charge is 2.28. The average molecular weight is 256 g/mol. The van der Waals surface area contributed by atoms with Crippen LogP contribution in [0.2, 0.25) is 0 Å². The van der Waals surface area contributed by atoms with Crippen LogP contribution in [0.1, 0.15) is 19.8 Å². The van der Waals surface area contributed by atoms with E-state index in [1.807, 2.05) is 6.92 Å². The highest BCUT2D eigenvalue weighted by atomic mass is 35.5. The molecule has 1 heterocycles. The molecule has 0 aromatic heterocycles. The summed E-state index contributed by atoms with van der Waals surface area (Å²) >= 11 is 5.60. The molecule has 1 N–H and O–H groups in total. The molecule has 1 aliphatic heterocycles. The number of aliphatic hydroxyl groups excluding tert-OH is 1. The first-order valence-corrected chi connectivity index (χ1v) is 7.32. The van der Waals surface area contributed by atoms with Gasteiger partial charge in [-0.05, 0) is 18.8 Å². The van der Waals surface area contributed by atoms with E-state index in [0.29, 0.717) is 31.8 Å². The van der Waals surface area contributed by atoms with Crippen molar-refractivity contribution < 1.29 is 13.5 Å². The normalized spacial score (nSPS) is 22.9. The number of piperidine rings is 1. The van der Waals surface area contributed by atoms with Crippen molar-refractivity contribution in [2.24, 2.45) is 5.92 Å². The van der Waals surface area contributed by atoms with Crippen LogP contribution in [0.15, 0.2) is 0 Å². The van der Waals surface area contributed by atoms with Gasteiger partial charge >= 0.3 is 0 Å². The zero-order valence-electron chi connectivity index (χ0n) is 8.89. The van der Waals surface area contributed by atoms with Crippen molar-refractivity contribution >= 4 is 21.6 Å². The van der Waals surface area contributed by atoms with E-state index in [9.17, 15) is 13.5 Å².